The van der Waals surface area contributed by atoms with Crippen molar-refractivity contribution in [3.8, 4) is 5.75 Å². The second-order valence-electron chi connectivity index (χ2n) is 3.31. The van der Waals surface area contributed by atoms with E-state index in [1.165, 1.54) is 5.56 Å². The summed E-state index contributed by atoms with van der Waals surface area (Å²) in [6.07, 6.45) is 0. The van der Waals surface area contributed by atoms with Crippen LogP contribution in [0.1, 0.15) is 10.4 Å². The van der Waals surface area contributed by atoms with Crippen LogP contribution in [0, 0.1) is 6.92 Å². The Morgan fingerprint density at radius 1 is 1.13 bits per heavy atom. The van der Waals surface area contributed by atoms with E-state index in [0.717, 1.165) is 15.0 Å². The van der Waals surface area contributed by atoms with Crippen LogP contribution >= 0.6 is 22.9 Å². The summed E-state index contributed by atoms with van der Waals surface area (Å²) in [6.45, 7) is 2.64. The van der Waals surface area contributed by atoms with E-state index in [9.17, 15) is 0 Å². The fourth-order valence-corrected chi connectivity index (χ4v) is 2.22. The van der Waals surface area contributed by atoms with Crippen molar-refractivity contribution in [3.05, 3.63) is 51.2 Å². The Kier molecular flexibility index (Phi) is 3.29. The number of ether oxygens (including phenoxy) is 1. The zero-order valence-electron chi connectivity index (χ0n) is 8.37. The molecule has 0 fully saturated rings. The monoisotopic (exact) mass is 238 g/mol. The molecule has 1 aromatic heterocycles. The normalized spacial score (nSPS) is 10.3. The summed E-state index contributed by atoms with van der Waals surface area (Å²) in [5.74, 6) is 0.894. The van der Waals surface area contributed by atoms with Gasteiger partial charge in [0, 0.05) is 4.88 Å². The van der Waals surface area contributed by atoms with Crippen LogP contribution in [0.25, 0.3) is 0 Å². The zero-order chi connectivity index (χ0) is 10.7. The predicted octanol–water partition coefficient (Wildman–Crippen LogP) is 4.29. The van der Waals surface area contributed by atoms with E-state index in [1.54, 1.807) is 11.3 Å². The Labute approximate surface area is 98.3 Å². The Hall–Kier alpha value is -0.990. The Morgan fingerprint density at radius 2 is 1.87 bits per heavy atom. The molecule has 0 radical (unpaired) electrons. The summed E-state index contributed by atoms with van der Waals surface area (Å²) in [4.78, 5) is 1.14. The van der Waals surface area contributed by atoms with Gasteiger partial charge in [-0.2, -0.15) is 0 Å². The number of thiophene rings is 1. The van der Waals surface area contributed by atoms with Gasteiger partial charge in [-0.25, -0.2) is 0 Å². The first-order valence-electron chi connectivity index (χ1n) is 4.68. The lowest BCUT2D eigenvalue weighted by Gasteiger charge is -2.04. The van der Waals surface area contributed by atoms with Crippen LogP contribution in [0.5, 0.6) is 5.75 Å². The van der Waals surface area contributed by atoms with Crippen molar-refractivity contribution in [3.63, 3.8) is 0 Å². The van der Waals surface area contributed by atoms with Crippen molar-refractivity contribution in [2.45, 2.75) is 13.5 Å². The lowest BCUT2D eigenvalue weighted by Crippen LogP contribution is -1.92. The van der Waals surface area contributed by atoms with Crippen LogP contribution in [0.15, 0.2) is 36.4 Å². The van der Waals surface area contributed by atoms with Gasteiger partial charge in [0.05, 0.1) is 4.34 Å². The third-order valence-electron chi connectivity index (χ3n) is 2.03. The molecule has 2 aromatic rings. The van der Waals surface area contributed by atoms with Crippen molar-refractivity contribution >= 4 is 22.9 Å². The summed E-state index contributed by atoms with van der Waals surface area (Å²) in [5, 5.41) is 0. The molecule has 15 heavy (non-hydrogen) atoms. The molecule has 1 aromatic carbocycles. The van der Waals surface area contributed by atoms with Crippen molar-refractivity contribution in [1.82, 2.24) is 0 Å². The number of hydrogen-bond acceptors (Lipinski definition) is 2. The molecule has 1 heterocycles. The van der Waals surface area contributed by atoms with Gasteiger partial charge in [-0.15, -0.1) is 11.3 Å². The lowest BCUT2D eigenvalue weighted by atomic mass is 10.2. The largest absolute Gasteiger partial charge is 0.488 e. The molecule has 0 saturated heterocycles. The fourth-order valence-electron chi connectivity index (χ4n) is 1.22. The van der Waals surface area contributed by atoms with Crippen molar-refractivity contribution in [1.29, 1.82) is 0 Å². The van der Waals surface area contributed by atoms with Crippen molar-refractivity contribution < 1.29 is 4.74 Å². The molecule has 0 aliphatic rings. The van der Waals surface area contributed by atoms with E-state index < -0.39 is 0 Å². The molecule has 0 saturated carbocycles. The van der Waals surface area contributed by atoms with Gasteiger partial charge < -0.3 is 4.74 Å². The number of rotatable bonds is 3. The highest BCUT2D eigenvalue weighted by Gasteiger charge is 1.99. The minimum atomic E-state index is 0.584. The second-order valence-corrected chi connectivity index (χ2v) is 5.11. The molecule has 0 aliphatic carbocycles. The number of aryl methyl sites for hydroxylation is 1. The highest BCUT2D eigenvalue weighted by Crippen LogP contribution is 2.23. The first-order chi connectivity index (χ1) is 7.24. The molecule has 78 valence electrons. The maximum Gasteiger partial charge on any atom is 0.122 e. The molecule has 3 heteroatoms. The molecular weight excluding hydrogens is 228 g/mol. The van der Waals surface area contributed by atoms with Gasteiger partial charge in [-0.3, -0.25) is 0 Å². The Morgan fingerprint density at radius 3 is 2.47 bits per heavy atom. The molecule has 0 amide bonds. The van der Waals surface area contributed by atoms with E-state index >= 15 is 0 Å². The van der Waals surface area contributed by atoms with Crippen LogP contribution in [0.3, 0.4) is 0 Å². The number of benzene rings is 1. The maximum absolute atomic E-state index is 5.83. The van der Waals surface area contributed by atoms with Gasteiger partial charge in [-0.1, -0.05) is 29.3 Å². The molecule has 0 unspecified atom stereocenters. The van der Waals surface area contributed by atoms with Gasteiger partial charge in [0.2, 0.25) is 0 Å². The second kappa shape index (κ2) is 4.69. The van der Waals surface area contributed by atoms with Gasteiger partial charge in [0.15, 0.2) is 0 Å². The van der Waals surface area contributed by atoms with Crippen molar-refractivity contribution in [2.75, 3.05) is 0 Å². The van der Waals surface area contributed by atoms with Gasteiger partial charge in [0.1, 0.15) is 12.4 Å². The summed E-state index contributed by atoms with van der Waals surface area (Å²) < 4.78 is 6.42. The van der Waals surface area contributed by atoms with Crippen LogP contribution < -0.4 is 4.74 Å². The fraction of sp³-hybridized carbons (Fsp3) is 0.167. The van der Waals surface area contributed by atoms with Crippen LogP contribution in [-0.2, 0) is 6.61 Å². The van der Waals surface area contributed by atoms with E-state index in [0.29, 0.717) is 6.61 Å². The first kappa shape index (κ1) is 10.5. The highest BCUT2D eigenvalue weighted by atomic mass is 35.5. The zero-order valence-corrected chi connectivity index (χ0v) is 9.94. The average molecular weight is 239 g/mol. The standard InChI is InChI=1S/C12H11ClOS/c1-9-2-4-10(5-3-9)14-8-11-6-7-12(13)15-11/h2-7H,8H2,1H3. The van der Waals surface area contributed by atoms with Crippen LogP contribution in [0.2, 0.25) is 4.34 Å². The van der Waals surface area contributed by atoms with E-state index in [2.05, 4.69) is 6.92 Å². The van der Waals surface area contributed by atoms with E-state index in [4.69, 9.17) is 16.3 Å². The van der Waals surface area contributed by atoms with Crippen LogP contribution in [-0.4, -0.2) is 0 Å². The minimum Gasteiger partial charge on any atom is -0.488 e. The third kappa shape index (κ3) is 2.98. The highest BCUT2D eigenvalue weighted by molar-refractivity contribution is 7.16. The maximum atomic E-state index is 5.83. The Balaban J connectivity index is 1.96. The topological polar surface area (TPSA) is 9.23 Å². The summed E-state index contributed by atoms with van der Waals surface area (Å²) in [6, 6.07) is 11.9. The molecule has 2 rings (SSSR count). The van der Waals surface area contributed by atoms with Gasteiger partial charge in [0.25, 0.3) is 0 Å². The molecule has 0 spiro atoms. The number of halogens is 1. The lowest BCUT2D eigenvalue weighted by molar-refractivity contribution is 0.310. The summed E-state index contributed by atoms with van der Waals surface area (Å²) in [5.41, 5.74) is 1.24. The third-order valence-corrected chi connectivity index (χ3v) is 3.24. The minimum absolute atomic E-state index is 0.584. The van der Waals surface area contributed by atoms with Crippen molar-refractivity contribution in [2.24, 2.45) is 0 Å². The summed E-state index contributed by atoms with van der Waals surface area (Å²) in [7, 11) is 0. The van der Waals surface area contributed by atoms with E-state index in [1.807, 2.05) is 36.4 Å². The smallest absolute Gasteiger partial charge is 0.122 e. The molecule has 0 bridgehead atoms. The van der Waals surface area contributed by atoms with E-state index in [-0.39, 0.29) is 0 Å². The Bertz CT molecular complexity index is 433. The predicted molar refractivity (Wildman–Crippen MR) is 64.8 cm³/mol. The van der Waals surface area contributed by atoms with Gasteiger partial charge >= 0.3 is 0 Å². The number of hydrogen-bond donors (Lipinski definition) is 0. The molecule has 0 atom stereocenters. The SMILES string of the molecule is Cc1ccc(OCc2ccc(Cl)s2)cc1. The summed E-state index contributed by atoms with van der Waals surface area (Å²) >= 11 is 7.38. The molecule has 1 nitrogen and oxygen atoms in total. The molecule has 0 N–H and O–H groups in total. The van der Waals surface area contributed by atoms with Crippen LogP contribution in [0.4, 0.5) is 0 Å². The molecular formula is C12H11ClOS. The quantitative estimate of drug-likeness (QED) is 0.775. The first-order valence-corrected chi connectivity index (χ1v) is 5.87. The average Bonchev–Trinajstić information content (AvgIpc) is 2.64. The van der Waals surface area contributed by atoms with Gasteiger partial charge in [-0.05, 0) is 31.2 Å². The molecule has 0 aliphatic heterocycles.